The summed E-state index contributed by atoms with van der Waals surface area (Å²) in [5.74, 6) is 1.02. The predicted octanol–water partition coefficient (Wildman–Crippen LogP) is 4.46. The third kappa shape index (κ3) is 4.42. The number of halogens is 2. The number of nitrogens with zero attached hydrogens (tertiary/aromatic N) is 3. The second-order valence-corrected chi connectivity index (χ2v) is 8.08. The molecule has 0 N–H and O–H groups in total. The van der Waals surface area contributed by atoms with Gasteiger partial charge < -0.3 is 9.64 Å². The number of anilines is 1. The van der Waals surface area contributed by atoms with E-state index in [0.29, 0.717) is 17.3 Å². The van der Waals surface area contributed by atoms with Crippen LogP contribution in [0.1, 0.15) is 25.7 Å². The summed E-state index contributed by atoms with van der Waals surface area (Å²) in [7, 11) is 5.71. The predicted molar refractivity (Wildman–Crippen MR) is 111 cm³/mol. The van der Waals surface area contributed by atoms with Gasteiger partial charge in [0.25, 0.3) is 0 Å². The molecule has 1 amide bonds. The molecule has 1 aliphatic rings. The van der Waals surface area contributed by atoms with Gasteiger partial charge in [-0.05, 0) is 52.0 Å². The molecule has 1 fully saturated rings. The van der Waals surface area contributed by atoms with E-state index in [1.807, 2.05) is 31.1 Å². The van der Waals surface area contributed by atoms with Gasteiger partial charge in [-0.2, -0.15) is 0 Å². The highest BCUT2D eigenvalue weighted by Gasteiger charge is 2.31. The Balaban J connectivity index is 0.00000243. The molecule has 1 aromatic carbocycles. The van der Waals surface area contributed by atoms with Crippen LogP contribution in [0.2, 0.25) is 5.02 Å². The van der Waals surface area contributed by atoms with Gasteiger partial charge in [-0.25, -0.2) is 4.98 Å². The molecule has 0 aliphatic heterocycles. The summed E-state index contributed by atoms with van der Waals surface area (Å²) in [5, 5.41) is 1.36. The molecule has 1 aromatic heterocycles. The fourth-order valence-electron chi connectivity index (χ4n) is 2.94. The lowest BCUT2D eigenvalue weighted by molar-refractivity contribution is -0.124. The fourth-order valence-corrected chi connectivity index (χ4v) is 4.23. The van der Waals surface area contributed by atoms with Gasteiger partial charge in [-0.3, -0.25) is 9.69 Å². The lowest BCUT2D eigenvalue weighted by atomic mass is 9.84. The normalized spacial score (nSPS) is 14.2. The average molecular weight is 418 g/mol. The van der Waals surface area contributed by atoms with E-state index < -0.39 is 0 Å². The van der Waals surface area contributed by atoms with Gasteiger partial charge in [-0.1, -0.05) is 29.4 Å². The lowest BCUT2D eigenvalue weighted by Gasteiger charge is -2.30. The standard InChI is InChI=1S/C18H24ClN3O2S.ClH/c1-21(2)10-5-11-22(17(23)12-6-4-7-12)18-20-15-14(24-3)9-8-13(19)16(15)25-18;/h8-9,12H,4-7,10-11H2,1-3H3;1H. The number of amides is 1. The van der Waals surface area contributed by atoms with Crippen molar-refractivity contribution in [3.8, 4) is 5.75 Å². The molecule has 1 aliphatic carbocycles. The Morgan fingerprint density at radius 1 is 1.35 bits per heavy atom. The van der Waals surface area contributed by atoms with Crippen LogP contribution in [0.4, 0.5) is 5.13 Å². The molecule has 0 saturated heterocycles. The van der Waals surface area contributed by atoms with Crippen molar-refractivity contribution in [1.29, 1.82) is 0 Å². The summed E-state index contributed by atoms with van der Waals surface area (Å²) in [5.41, 5.74) is 0.731. The molecule has 0 spiro atoms. The summed E-state index contributed by atoms with van der Waals surface area (Å²) in [6.45, 7) is 1.61. The third-order valence-corrected chi connectivity index (χ3v) is 6.14. The Bertz CT molecular complexity index is 762. The van der Waals surface area contributed by atoms with E-state index >= 15 is 0 Å². The van der Waals surface area contributed by atoms with Crippen molar-refractivity contribution in [3.63, 3.8) is 0 Å². The molecular formula is C18H25Cl2N3O2S. The molecule has 0 atom stereocenters. The summed E-state index contributed by atoms with van der Waals surface area (Å²) >= 11 is 7.80. The van der Waals surface area contributed by atoms with Crippen LogP contribution < -0.4 is 9.64 Å². The first-order valence-electron chi connectivity index (χ1n) is 8.60. The number of thiazole rings is 1. The van der Waals surface area contributed by atoms with Gasteiger partial charge in [0.2, 0.25) is 5.91 Å². The van der Waals surface area contributed by atoms with E-state index in [4.69, 9.17) is 21.3 Å². The topological polar surface area (TPSA) is 45.7 Å². The first-order valence-corrected chi connectivity index (χ1v) is 9.80. The molecule has 144 valence electrons. The summed E-state index contributed by atoms with van der Waals surface area (Å²) in [6.07, 6.45) is 4.02. The Morgan fingerprint density at radius 3 is 2.65 bits per heavy atom. The number of ether oxygens (including phenoxy) is 1. The van der Waals surface area contributed by atoms with E-state index in [1.165, 1.54) is 11.3 Å². The van der Waals surface area contributed by atoms with E-state index in [9.17, 15) is 4.79 Å². The van der Waals surface area contributed by atoms with E-state index in [1.54, 1.807) is 7.11 Å². The molecule has 5 nitrogen and oxygen atoms in total. The zero-order chi connectivity index (χ0) is 18.0. The smallest absolute Gasteiger partial charge is 0.231 e. The van der Waals surface area contributed by atoms with E-state index in [-0.39, 0.29) is 24.2 Å². The van der Waals surface area contributed by atoms with Crippen molar-refractivity contribution in [1.82, 2.24) is 9.88 Å². The minimum Gasteiger partial charge on any atom is -0.494 e. The van der Waals surface area contributed by atoms with Crippen LogP contribution in [0.3, 0.4) is 0 Å². The first-order chi connectivity index (χ1) is 12.0. The van der Waals surface area contributed by atoms with E-state index in [0.717, 1.165) is 47.6 Å². The highest BCUT2D eigenvalue weighted by atomic mass is 35.5. The number of carbonyl (C=O) groups is 1. The molecule has 8 heteroatoms. The fraction of sp³-hybridized carbons (Fsp3) is 0.556. The van der Waals surface area contributed by atoms with Crippen molar-refractivity contribution >= 4 is 56.6 Å². The second kappa shape index (κ2) is 9.22. The Labute approximate surface area is 169 Å². The summed E-state index contributed by atoms with van der Waals surface area (Å²) in [4.78, 5) is 21.6. The number of rotatable bonds is 7. The molecule has 0 bridgehead atoms. The maximum Gasteiger partial charge on any atom is 0.231 e. The highest BCUT2D eigenvalue weighted by Crippen LogP contribution is 2.40. The number of methoxy groups -OCH3 is 1. The average Bonchev–Trinajstić information content (AvgIpc) is 2.95. The molecule has 0 unspecified atom stereocenters. The molecular weight excluding hydrogens is 393 g/mol. The number of hydrogen-bond donors (Lipinski definition) is 0. The van der Waals surface area contributed by atoms with Gasteiger partial charge in [0.1, 0.15) is 11.3 Å². The van der Waals surface area contributed by atoms with Crippen molar-refractivity contribution in [3.05, 3.63) is 17.2 Å². The second-order valence-electron chi connectivity index (χ2n) is 6.70. The van der Waals surface area contributed by atoms with Crippen molar-refractivity contribution in [2.45, 2.75) is 25.7 Å². The summed E-state index contributed by atoms with van der Waals surface area (Å²) in [6, 6.07) is 3.63. The van der Waals surface area contributed by atoms with Crippen LogP contribution in [0, 0.1) is 5.92 Å². The van der Waals surface area contributed by atoms with Crippen LogP contribution in [0.25, 0.3) is 10.2 Å². The molecule has 2 aromatic rings. The molecule has 1 heterocycles. The van der Waals surface area contributed by atoms with Crippen LogP contribution >= 0.6 is 35.3 Å². The maximum absolute atomic E-state index is 12.9. The van der Waals surface area contributed by atoms with Gasteiger partial charge in [0, 0.05) is 12.5 Å². The first kappa shape index (κ1) is 21.2. The largest absolute Gasteiger partial charge is 0.494 e. The van der Waals surface area contributed by atoms with E-state index in [2.05, 4.69) is 4.90 Å². The molecule has 3 rings (SSSR count). The number of fused-ring (bicyclic) bond motifs is 1. The Kier molecular flexibility index (Phi) is 7.52. The number of aromatic nitrogens is 1. The van der Waals surface area contributed by atoms with Crippen molar-refractivity contribution < 1.29 is 9.53 Å². The van der Waals surface area contributed by atoms with Gasteiger partial charge in [-0.15, -0.1) is 12.4 Å². The Hall–Kier alpha value is -1.08. The van der Waals surface area contributed by atoms with Crippen LogP contribution in [0.15, 0.2) is 12.1 Å². The zero-order valence-corrected chi connectivity index (χ0v) is 17.7. The van der Waals surface area contributed by atoms with Crippen molar-refractivity contribution in [2.75, 3.05) is 39.2 Å². The quantitative estimate of drug-likeness (QED) is 0.666. The summed E-state index contributed by atoms with van der Waals surface area (Å²) < 4.78 is 6.27. The SMILES string of the molecule is COc1ccc(Cl)c2sc(N(CCCN(C)C)C(=O)C3CCC3)nc12.Cl. The van der Waals surface area contributed by atoms with Gasteiger partial charge in [0.15, 0.2) is 5.13 Å². The minimum absolute atomic E-state index is 0. The number of benzene rings is 1. The minimum atomic E-state index is 0. The monoisotopic (exact) mass is 417 g/mol. The number of hydrogen-bond acceptors (Lipinski definition) is 5. The van der Waals surface area contributed by atoms with Crippen molar-refractivity contribution in [2.24, 2.45) is 5.92 Å². The third-order valence-electron chi connectivity index (χ3n) is 4.61. The zero-order valence-electron chi connectivity index (χ0n) is 15.3. The maximum atomic E-state index is 12.9. The Morgan fingerprint density at radius 2 is 2.08 bits per heavy atom. The molecule has 26 heavy (non-hydrogen) atoms. The van der Waals surface area contributed by atoms with Crippen LogP contribution in [0.5, 0.6) is 5.75 Å². The molecule has 1 saturated carbocycles. The lowest BCUT2D eigenvalue weighted by Crippen LogP contribution is -2.40. The van der Waals surface area contributed by atoms with Crippen LogP contribution in [-0.2, 0) is 4.79 Å². The number of carbonyl (C=O) groups excluding carboxylic acids is 1. The van der Waals surface area contributed by atoms with Gasteiger partial charge >= 0.3 is 0 Å². The van der Waals surface area contributed by atoms with Crippen LogP contribution in [-0.4, -0.2) is 50.1 Å². The molecule has 0 radical (unpaired) electrons. The highest BCUT2D eigenvalue weighted by molar-refractivity contribution is 7.23. The van der Waals surface area contributed by atoms with Gasteiger partial charge in [0.05, 0.1) is 16.8 Å².